The van der Waals surface area contributed by atoms with Gasteiger partial charge in [-0.3, -0.25) is 19.0 Å². The van der Waals surface area contributed by atoms with Gasteiger partial charge in [0.05, 0.1) is 10.9 Å². The lowest BCUT2D eigenvalue weighted by molar-refractivity contribution is 0.0827. The Hall–Kier alpha value is -3.48. The summed E-state index contributed by atoms with van der Waals surface area (Å²) < 4.78 is 1.71. The second kappa shape index (κ2) is 6.92. The van der Waals surface area contributed by atoms with Crippen LogP contribution in [-0.2, 0) is 13.0 Å². The molecule has 1 N–H and O–H groups in total. The van der Waals surface area contributed by atoms with Crippen molar-refractivity contribution in [3.05, 3.63) is 69.8 Å². The van der Waals surface area contributed by atoms with Crippen LogP contribution >= 0.6 is 0 Å². The minimum absolute atomic E-state index is 0.0504. The first-order valence-corrected chi connectivity index (χ1v) is 9.10. The molecule has 1 aliphatic heterocycles. The van der Waals surface area contributed by atoms with E-state index in [9.17, 15) is 14.4 Å². The zero-order chi connectivity index (χ0) is 19.8. The van der Waals surface area contributed by atoms with Crippen molar-refractivity contribution in [2.24, 2.45) is 0 Å². The van der Waals surface area contributed by atoms with Crippen LogP contribution in [0.4, 0.5) is 5.69 Å². The average Bonchev–Trinajstić information content (AvgIpc) is 3.16. The molecular weight excluding hydrogens is 356 g/mol. The number of aromatic nitrogens is 2. The Morgan fingerprint density at radius 2 is 1.79 bits per heavy atom. The van der Waals surface area contributed by atoms with Gasteiger partial charge in [-0.05, 0) is 48.9 Å². The Bertz CT molecular complexity index is 1150. The van der Waals surface area contributed by atoms with E-state index in [4.69, 9.17) is 0 Å². The van der Waals surface area contributed by atoms with Gasteiger partial charge in [-0.25, -0.2) is 4.98 Å². The summed E-state index contributed by atoms with van der Waals surface area (Å²) >= 11 is 0. The van der Waals surface area contributed by atoms with Crippen LogP contribution in [0.15, 0.2) is 47.3 Å². The number of fused-ring (bicyclic) bond motifs is 2. The van der Waals surface area contributed by atoms with Crippen molar-refractivity contribution < 1.29 is 9.59 Å². The molecule has 2 amide bonds. The molecule has 0 spiro atoms. The smallest absolute Gasteiger partial charge is 0.261 e. The van der Waals surface area contributed by atoms with Crippen molar-refractivity contribution in [2.75, 3.05) is 19.4 Å². The highest BCUT2D eigenvalue weighted by atomic mass is 16.2. The molecular formula is C21H20N4O3. The van der Waals surface area contributed by atoms with Crippen LogP contribution in [0, 0.1) is 0 Å². The minimum Gasteiger partial charge on any atom is -0.345 e. The molecule has 142 valence electrons. The van der Waals surface area contributed by atoms with E-state index in [1.807, 2.05) is 0 Å². The monoisotopic (exact) mass is 376 g/mol. The van der Waals surface area contributed by atoms with Crippen LogP contribution < -0.4 is 10.9 Å². The van der Waals surface area contributed by atoms with Crippen molar-refractivity contribution in [3.63, 3.8) is 0 Å². The highest BCUT2D eigenvalue weighted by molar-refractivity contribution is 6.06. The zero-order valence-electron chi connectivity index (χ0n) is 15.7. The number of nitrogens with one attached hydrogen (secondary N) is 1. The fourth-order valence-corrected chi connectivity index (χ4v) is 3.38. The van der Waals surface area contributed by atoms with Crippen LogP contribution in [0.25, 0.3) is 10.9 Å². The van der Waals surface area contributed by atoms with Crippen LogP contribution in [-0.4, -0.2) is 40.4 Å². The van der Waals surface area contributed by atoms with E-state index in [0.29, 0.717) is 34.3 Å². The van der Waals surface area contributed by atoms with Gasteiger partial charge in [0.25, 0.3) is 17.4 Å². The third-order valence-electron chi connectivity index (χ3n) is 4.87. The predicted octanol–water partition coefficient (Wildman–Crippen LogP) is 2.30. The Balaban J connectivity index is 1.58. The summed E-state index contributed by atoms with van der Waals surface area (Å²) in [5, 5.41) is 3.33. The van der Waals surface area contributed by atoms with Gasteiger partial charge in [-0.15, -0.1) is 0 Å². The summed E-state index contributed by atoms with van der Waals surface area (Å²) in [5.74, 6) is 0.379. The number of benzene rings is 2. The van der Waals surface area contributed by atoms with Crippen molar-refractivity contribution in [2.45, 2.75) is 19.4 Å². The van der Waals surface area contributed by atoms with Crippen LogP contribution in [0.1, 0.15) is 33.0 Å². The van der Waals surface area contributed by atoms with E-state index < -0.39 is 0 Å². The SMILES string of the molecule is CN(C)C(=O)c1ccc(NC(=O)c2ccc3c(=O)n4c(nc3c2)CCC4)cc1. The molecule has 7 heteroatoms. The van der Waals surface area contributed by atoms with Crippen LogP contribution in [0.5, 0.6) is 0 Å². The number of anilines is 1. The van der Waals surface area contributed by atoms with Crippen molar-refractivity contribution in [1.29, 1.82) is 0 Å². The second-order valence-corrected chi connectivity index (χ2v) is 7.05. The highest BCUT2D eigenvalue weighted by Gasteiger charge is 2.17. The molecule has 0 atom stereocenters. The van der Waals surface area contributed by atoms with Gasteiger partial charge in [-0.2, -0.15) is 0 Å². The minimum atomic E-state index is -0.295. The first kappa shape index (κ1) is 17.9. The summed E-state index contributed by atoms with van der Waals surface area (Å²) in [4.78, 5) is 43.1. The van der Waals surface area contributed by atoms with Gasteiger partial charge in [0.2, 0.25) is 0 Å². The zero-order valence-corrected chi connectivity index (χ0v) is 15.7. The van der Waals surface area contributed by atoms with E-state index in [2.05, 4.69) is 10.3 Å². The largest absolute Gasteiger partial charge is 0.345 e. The van der Waals surface area contributed by atoms with Crippen molar-refractivity contribution in [3.8, 4) is 0 Å². The lowest BCUT2D eigenvalue weighted by Crippen LogP contribution is -2.21. The Kier molecular flexibility index (Phi) is 4.43. The lowest BCUT2D eigenvalue weighted by atomic mass is 10.1. The number of nitrogens with zero attached hydrogens (tertiary/aromatic N) is 3. The Morgan fingerprint density at radius 3 is 2.50 bits per heavy atom. The number of rotatable bonds is 3. The molecule has 3 aromatic rings. The molecule has 4 rings (SSSR count). The van der Waals surface area contributed by atoms with Gasteiger partial charge in [0.15, 0.2) is 0 Å². The summed E-state index contributed by atoms with van der Waals surface area (Å²) in [6.07, 6.45) is 1.69. The second-order valence-electron chi connectivity index (χ2n) is 7.05. The van der Waals surface area contributed by atoms with E-state index in [0.717, 1.165) is 18.7 Å². The predicted molar refractivity (Wildman–Crippen MR) is 107 cm³/mol. The number of hydrogen-bond donors (Lipinski definition) is 1. The quantitative estimate of drug-likeness (QED) is 0.760. The average molecular weight is 376 g/mol. The van der Waals surface area contributed by atoms with E-state index >= 15 is 0 Å². The molecule has 0 radical (unpaired) electrons. The van der Waals surface area contributed by atoms with Gasteiger partial charge in [0, 0.05) is 43.9 Å². The summed E-state index contributed by atoms with van der Waals surface area (Å²) in [6.45, 7) is 0.700. The van der Waals surface area contributed by atoms with Gasteiger partial charge < -0.3 is 10.2 Å². The van der Waals surface area contributed by atoms with Gasteiger partial charge in [0.1, 0.15) is 5.82 Å². The van der Waals surface area contributed by atoms with Crippen molar-refractivity contribution in [1.82, 2.24) is 14.5 Å². The number of carbonyl (C=O) groups is 2. The molecule has 0 fully saturated rings. The molecule has 0 aliphatic carbocycles. The lowest BCUT2D eigenvalue weighted by Gasteiger charge is -2.11. The van der Waals surface area contributed by atoms with Gasteiger partial charge >= 0.3 is 0 Å². The third kappa shape index (κ3) is 3.15. The van der Waals surface area contributed by atoms with Crippen LogP contribution in [0.2, 0.25) is 0 Å². The fraction of sp³-hybridized carbons (Fsp3) is 0.238. The van der Waals surface area contributed by atoms with E-state index in [1.54, 1.807) is 61.1 Å². The third-order valence-corrected chi connectivity index (χ3v) is 4.87. The maximum atomic E-state index is 12.6. The normalized spacial score (nSPS) is 12.6. The summed E-state index contributed by atoms with van der Waals surface area (Å²) in [6, 6.07) is 11.7. The maximum absolute atomic E-state index is 12.6. The molecule has 1 aliphatic rings. The first-order valence-electron chi connectivity index (χ1n) is 9.10. The molecule has 28 heavy (non-hydrogen) atoms. The summed E-state index contributed by atoms with van der Waals surface area (Å²) in [7, 11) is 3.37. The molecule has 0 unspecified atom stereocenters. The van der Waals surface area contributed by atoms with E-state index in [1.165, 1.54) is 4.90 Å². The number of amides is 2. The van der Waals surface area contributed by atoms with Crippen molar-refractivity contribution >= 4 is 28.4 Å². The fourth-order valence-electron chi connectivity index (χ4n) is 3.38. The first-order chi connectivity index (χ1) is 13.4. The molecule has 1 aromatic heterocycles. The Labute approximate surface area is 161 Å². The highest BCUT2D eigenvalue weighted by Crippen LogP contribution is 2.18. The number of hydrogen-bond acceptors (Lipinski definition) is 4. The summed E-state index contributed by atoms with van der Waals surface area (Å²) in [5.41, 5.74) is 2.05. The molecule has 0 saturated heterocycles. The van der Waals surface area contributed by atoms with Gasteiger partial charge in [-0.1, -0.05) is 0 Å². The molecule has 2 heterocycles. The molecule has 7 nitrogen and oxygen atoms in total. The number of aryl methyl sites for hydroxylation is 1. The molecule has 2 aromatic carbocycles. The number of carbonyl (C=O) groups excluding carboxylic acids is 2. The van der Waals surface area contributed by atoms with Crippen LogP contribution in [0.3, 0.4) is 0 Å². The maximum Gasteiger partial charge on any atom is 0.261 e. The topological polar surface area (TPSA) is 84.3 Å². The standard InChI is InChI=1S/C21H20N4O3/c1-24(2)20(27)13-5-8-15(9-6-13)22-19(26)14-7-10-16-17(12-14)23-18-4-3-11-25(18)21(16)28/h5-10,12H,3-4,11H2,1-2H3,(H,22,26). The van der Waals surface area contributed by atoms with E-state index in [-0.39, 0.29) is 17.4 Å². The molecule has 0 saturated carbocycles. The Morgan fingerprint density at radius 1 is 1.07 bits per heavy atom. The molecule has 0 bridgehead atoms.